The Bertz CT molecular complexity index is 769. The van der Waals surface area contributed by atoms with E-state index in [1.807, 2.05) is 6.92 Å². The van der Waals surface area contributed by atoms with Crippen LogP contribution >= 0.6 is 0 Å². The van der Waals surface area contributed by atoms with Crippen molar-refractivity contribution in [3.8, 4) is 0 Å². The van der Waals surface area contributed by atoms with Crippen LogP contribution in [0.5, 0.6) is 0 Å². The highest BCUT2D eigenvalue weighted by Gasteiger charge is 2.77. The fourth-order valence-corrected chi connectivity index (χ4v) is 5.55. The van der Waals surface area contributed by atoms with Gasteiger partial charge in [0.2, 0.25) is 5.79 Å². The topological polar surface area (TPSA) is 74.4 Å². The minimum Gasteiger partial charge on any atom is -0.453 e. The summed E-state index contributed by atoms with van der Waals surface area (Å²) >= 11 is 0. The summed E-state index contributed by atoms with van der Waals surface area (Å²) < 4.78 is 23.9. The number of rotatable bonds is 4. The zero-order valence-electron chi connectivity index (χ0n) is 16.7. The third kappa shape index (κ3) is 2.26. The summed E-state index contributed by atoms with van der Waals surface area (Å²) in [6.45, 7) is 13.5. The number of epoxide rings is 1. The van der Waals surface area contributed by atoms with E-state index in [-0.39, 0.29) is 12.0 Å². The Balaban J connectivity index is 1.88. The van der Waals surface area contributed by atoms with Crippen molar-refractivity contribution in [3.05, 3.63) is 23.3 Å². The molecule has 2 aliphatic heterocycles. The van der Waals surface area contributed by atoms with Gasteiger partial charge in [0, 0.05) is 29.6 Å². The Morgan fingerprint density at radius 2 is 2.04 bits per heavy atom. The van der Waals surface area contributed by atoms with Crippen molar-refractivity contribution in [2.45, 2.75) is 77.5 Å². The van der Waals surface area contributed by atoms with Crippen LogP contribution in [-0.4, -0.2) is 42.1 Å². The fraction of sp³-hybridized carbons (Fsp3) is 0.714. The van der Waals surface area contributed by atoms with Crippen LogP contribution in [0.1, 0.15) is 53.9 Å². The molecule has 2 heterocycles. The molecule has 148 valence electrons. The van der Waals surface area contributed by atoms with E-state index in [2.05, 4.69) is 20.4 Å². The summed E-state index contributed by atoms with van der Waals surface area (Å²) in [6, 6.07) is 0. The molecule has 0 radical (unpaired) electrons. The van der Waals surface area contributed by atoms with E-state index in [0.29, 0.717) is 29.7 Å². The molecule has 0 spiro atoms. The van der Waals surface area contributed by atoms with Gasteiger partial charge in [0.1, 0.15) is 11.7 Å². The van der Waals surface area contributed by atoms with Crippen molar-refractivity contribution >= 4 is 11.9 Å². The molecule has 6 nitrogen and oxygen atoms in total. The Hall–Kier alpha value is -1.66. The number of hydrogen-bond acceptors (Lipinski definition) is 6. The van der Waals surface area contributed by atoms with E-state index in [4.69, 9.17) is 18.9 Å². The first kappa shape index (κ1) is 18.7. The normalized spacial score (nSPS) is 44.8. The molecule has 0 amide bonds. The van der Waals surface area contributed by atoms with Crippen molar-refractivity contribution in [1.82, 2.24) is 0 Å². The van der Waals surface area contributed by atoms with Gasteiger partial charge in [-0.3, -0.25) is 0 Å². The van der Waals surface area contributed by atoms with Gasteiger partial charge in [0.25, 0.3) is 0 Å². The van der Waals surface area contributed by atoms with Gasteiger partial charge >= 0.3 is 11.9 Å². The van der Waals surface area contributed by atoms with E-state index in [9.17, 15) is 9.59 Å². The molecule has 0 aromatic carbocycles. The van der Waals surface area contributed by atoms with Gasteiger partial charge in [-0.05, 0) is 46.5 Å². The maximum Gasteiger partial charge on any atom is 0.336 e. The third-order valence-electron chi connectivity index (χ3n) is 7.29. The third-order valence-corrected chi connectivity index (χ3v) is 7.29. The summed E-state index contributed by atoms with van der Waals surface area (Å²) in [6.07, 6.45) is 1.92. The molecule has 4 rings (SSSR count). The second kappa shape index (κ2) is 5.67. The van der Waals surface area contributed by atoms with Gasteiger partial charge in [0.05, 0.1) is 11.7 Å². The second-order valence-electron chi connectivity index (χ2n) is 8.65. The minimum atomic E-state index is -1.15. The Kier molecular flexibility index (Phi) is 3.93. The molecule has 2 saturated carbocycles. The van der Waals surface area contributed by atoms with Crippen LogP contribution in [-0.2, 0) is 28.5 Å². The van der Waals surface area contributed by atoms with E-state index in [1.54, 1.807) is 13.8 Å². The van der Waals surface area contributed by atoms with Gasteiger partial charge in [0.15, 0.2) is 0 Å². The Morgan fingerprint density at radius 1 is 1.33 bits per heavy atom. The minimum absolute atomic E-state index is 0.137. The lowest BCUT2D eigenvalue weighted by Crippen LogP contribution is -2.63. The lowest BCUT2D eigenvalue weighted by molar-refractivity contribution is -0.242. The first-order valence-corrected chi connectivity index (χ1v) is 9.73. The second-order valence-corrected chi connectivity index (χ2v) is 8.65. The first-order chi connectivity index (χ1) is 12.6. The number of ether oxygens (including phenoxy) is 4. The summed E-state index contributed by atoms with van der Waals surface area (Å²) in [5.74, 6) is -1.90. The van der Waals surface area contributed by atoms with Gasteiger partial charge in [-0.1, -0.05) is 13.5 Å². The maximum atomic E-state index is 12.5. The molecule has 27 heavy (non-hydrogen) atoms. The average Bonchev–Trinajstić information content (AvgIpc) is 3.22. The van der Waals surface area contributed by atoms with E-state index in [0.717, 1.165) is 12.8 Å². The van der Waals surface area contributed by atoms with Crippen LogP contribution < -0.4 is 0 Å². The summed E-state index contributed by atoms with van der Waals surface area (Å²) in [5, 5.41) is 0. The standard InChI is InChI=1S/C21H28O6/c1-7-24-21-10-13-8-9-14-20(6,26-14)19(13,5)16(25-17(22)11(2)3)15(21)12(4)18(23)27-21/h13-14,16H,2,7-10H2,1,3-6H3/t13-,14-,16+,19-,20-,21-/m1/s1. The van der Waals surface area contributed by atoms with E-state index < -0.39 is 34.8 Å². The van der Waals surface area contributed by atoms with Crippen molar-refractivity contribution < 1.29 is 28.5 Å². The van der Waals surface area contributed by atoms with Crippen LogP contribution in [0.4, 0.5) is 0 Å². The zero-order chi connectivity index (χ0) is 19.8. The number of carbonyl (C=O) groups excluding carboxylic acids is 2. The Labute approximate surface area is 159 Å². The van der Waals surface area contributed by atoms with Crippen molar-refractivity contribution in [3.63, 3.8) is 0 Å². The SMILES string of the molecule is C=C(C)C(=O)O[C@H]1C2=C(C)C(=O)O[C@]2(OCC)C[C@H]2CC[C@H]3O[C@@]3(C)[C@]21C. The number of fused-ring (bicyclic) bond motifs is 4. The number of carbonyl (C=O) groups is 2. The quantitative estimate of drug-likeness (QED) is 0.426. The average molecular weight is 376 g/mol. The first-order valence-electron chi connectivity index (χ1n) is 9.73. The van der Waals surface area contributed by atoms with E-state index >= 15 is 0 Å². The molecule has 0 bridgehead atoms. The predicted molar refractivity (Wildman–Crippen MR) is 96.6 cm³/mol. The lowest BCUT2D eigenvalue weighted by atomic mass is 9.52. The molecule has 4 aliphatic rings. The summed E-state index contributed by atoms with van der Waals surface area (Å²) in [5.41, 5.74) is 0.564. The molecule has 0 unspecified atom stereocenters. The van der Waals surface area contributed by atoms with Crippen molar-refractivity contribution in [1.29, 1.82) is 0 Å². The van der Waals surface area contributed by atoms with Gasteiger partial charge in [-0.2, -0.15) is 0 Å². The van der Waals surface area contributed by atoms with Crippen molar-refractivity contribution in [2.24, 2.45) is 11.3 Å². The molecular formula is C21H28O6. The van der Waals surface area contributed by atoms with Gasteiger partial charge in [-0.15, -0.1) is 0 Å². The highest BCUT2D eigenvalue weighted by Crippen LogP contribution is 2.68. The monoisotopic (exact) mass is 376 g/mol. The molecule has 1 saturated heterocycles. The van der Waals surface area contributed by atoms with Crippen LogP contribution in [0.25, 0.3) is 0 Å². The summed E-state index contributed by atoms with van der Waals surface area (Å²) in [7, 11) is 0. The lowest BCUT2D eigenvalue weighted by Gasteiger charge is -2.55. The predicted octanol–water partition coefficient (Wildman–Crippen LogP) is 3.06. The molecule has 6 atom stereocenters. The highest BCUT2D eigenvalue weighted by atomic mass is 16.7. The fourth-order valence-electron chi connectivity index (χ4n) is 5.55. The number of esters is 2. The molecule has 0 N–H and O–H groups in total. The molecular weight excluding hydrogens is 348 g/mol. The molecule has 3 fully saturated rings. The van der Waals surface area contributed by atoms with Crippen LogP contribution in [0.2, 0.25) is 0 Å². The van der Waals surface area contributed by atoms with Gasteiger partial charge < -0.3 is 18.9 Å². The van der Waals surface area contributed by atoms with Crippen LogP contribution in [0, 0.1) is 11.3 Å². The maximum absolute atomic E-state index is 12.5. The smallest absolute Gasteiger partial charge is 0.336 e. The van der Waals surface area contributed by atoms with Gasteiger partial charge in [-0.25, -0.2) is 9.59 Å². The molecule has 2 aliphatic carbocycles. The summed E-state index contributed by atoms with van der Waals surface area (Å²) in [4.78, 5) is 25.1. The van der Waals surface area contributed by atoms with Crippen LogP contribution in [0.3, 0.4) is 0 Å². The molecule has 6 heteroatoms. The number of hydrogen-bond donors (Lipinski definition) is 0. The highest BCUT2D eigenvalue weighted by molar-refractivity contribution is 5.93. The Morgan fingerprint density at radius 3 is 2.67 bits per heavy atom. The van der Waals surface area contributed by atoms with Crippen molar-refractivity contribution in [2.75, 3.05) is 6.61 Å². The largest absolute Gasteiger partial charge is 0.453 e. The zero-order valence-corrected chi connectivity index (χ0v) is 16.7. The van der Waals surface area contributed by atoms with E-state index in [1.165, 1.54) is 0 Å². The molecule has 0 aromatic heterocycles. The van der Waals surface area contributed by atoms with Crippen LogP contribution in [0.15, 0.2) is 23.3 Å². The molecule has 0 aromatic rings.